The smallest absolute Gasteiger partial charge is 0.229 e. The zero-order chi connectivity index (χ0) is 11.7. The molecule has 0 bridgehead atoms. The van der Waals surface area contributed by atoms with Crippen LogP contribution in [0.25, 0.3) is 0 Å². The Morgan fingerprint density at radius 2 is 1.80 bits per heavy atom. The summed E-state index contributed by atoms with van der Waals surface area (Å²) < 4.78 is 24.6. The molecule has 0 aliphatic heterocycles. The maximum Gasteiger partial charge on any atom is 0.229 e. The summed E-state index contributed by atoms with van der Waals surface area (Å²) in [6.07, 6.45) is 1.15. The average Bonchev–Trinajstić information content (AvgIpc) is 1.99. The van der Waals surface area contributed by atoms with E-state index < -0.39 is 10.0 Å². The van der Waals surface area contributed by atoms with Gasteiger partial charge in [0.25, 0.3) is 0 Å². The predicted molar refractivity (Wildman–Crippen MR) is 63.6 cm³/mol. The van der Waals surface area contributed by atoms with E-state index in [0.717, 1.165) is 11.8 Å². The molecule has 0 aromatic heterocycles. The highest BCUT2D eigenvalue weighted by Crippen LogP contribution is 2.24. The zero-order valence-corrected chi connectivity index (χ0v) is 10.4. The van der Waals surface area contributed by atoms with Gasteiger partial charge in [0.2, 0.25) is 10.0 Å². The molecule has 0 saturated carbocycles. The average molecular weight is 227 g/mol. The van der Waals surface area contributed by atoms with Gasteiger partial charge in [-0.1, -0.05) is 32.9 Å². The van der Waals surface area contributed by atoms with Crippen molar-refractivity contribution >= 4 is 15.7 Å². The number of hydrogen-bond acceptors (Lipinski definition) is 2. The van der Waals surface area contributed by atoms with Gasteiger partial charge in [-0.2, -0.15) is 0 Å². The molecule has 0 atom stereocenters. The van der Waals surface area contributed by atoms with Gasteiger partial charge in [-0.05, 0) is 23.1 Å². The van der Waals surface area contributed by atoms with Crippen molar-refractivity contribution in [2.24, 2.45) is 0 Å². The van der Waals surface area contributed by atoms with Gasteiger partial charge in [0.15, 0.2) is 0 Å². The van der Waals surface area contributed by atoms with Crippen LogP contribution in [0.15, 0.2) is 24.3 Å². The summed E-state index contributed by atoms with van der Waals surface area (Å²) in [6, 6.07) is 7.46. The lowest BCUT2D eigenvalue weighted by Gasteiger charge is -2.19. The normalized spacial score (nSPS) is 12.5. The Morgan fingerprint density at radius 1 is 1.20 bits per heavy atom. The van der Waals surface area contributed by atoms with Crippen LogP contribution in [0, 0.1) is 0 Å². The van der Waals surface area contributed by atoms with Gasteiger partial charge in [0, 0.05) is 5.69 Å². The molecule has 1 N–H and O–H groups in total. The number of hydrogen-bond donors (Lipinski definition) is 1. The quantitative estimate of drug-likeness (QED) is 0.843. The summed E-state index contributed by atoms with van der Waals surface area (Å²) >= 11 is 0. The lowest BCUT2D eigenvalue weighted by molar-refractivity contribution is 0.590. The van der Waals surface area contributed by atoms with Crippen LogP contribution in [0.3, 0.4) is 0 Å². The van der Waals surface area contributed by atoms with E-state index in [1.807, 2.05) is 18.2 Å². The van der Waals surface area contributed by atoms with E-state index in [1.165, 1.54) is 0 Å². The minimum atomic E-state index is -3.19. The first-order valence-electron chi connectivity index (χ1n) is 4.77. The van der Waals surface area contributed by atoms with E-state index >= 15 is 0 Å². The highest BCUT2D eigenvalue weighted by molar-refractivity contribution is 7.92. The van der Waals surface area contributed by atoms with Gasteiger partial charge in [0.1, 0.15) is 0 Å². The second kappa shape index (κ2) is 3.85. The highest BCUT2D eigenvalue weighted by atomic mass is 32.2. The Hall–Kier alpha value is -1.03. The lowest BCUT2D eigenvalue weighted by Crippen LogP contribution is -2.13. The van der Waals surface area contributed by atoms with Crippen molar-refractivity contribution in [2.75, 3.05) is 11.0 Å². The summed E-state index contributed by atoms with van der Waals surface area (Å²) in [5, 5.41) is 0. The Labute approximate surface area is 91.6 Å². The van der Waals surface area contributed by atoms with Crippen LogP contribution < -0.4 is 4.72 Å². The van der Waals surface area contributed by atoms with Crippen molar-refractivity contribution in [2.45, 2.75) is 26.2 Å². The van der Waals surface area contributed by atoms with Gasteiger partial charge in [-0.15, -0.1) is 0 Å². The molecule has 0 amide bonds. The molecule has 0 spiro atoms. The van der Waals surface area contributed by atoms with Crippen LogP contribution in [0.1, 0.15) is 26.3 Å². The first kappa shape index (κ1) is 12.0. The second-order valence-corrected chi connectivity index (χ2v) is 6.45. The molecule has 3 nitrogen and oxygen atoms in total. The van der Waals surface area contributed by atoms with E-state index in [0.29, 0.717) is 5.69 Å². The topological polar surface area (TPSA) is 46.2 Å². The van der Waals surface area contributed by atoms with Crippen molar-refractivity contribution in [1.29, 1.82) is 0 Å². The Bertz CT molecular complexity index is 444. The summed E-state index contributed by atoms with van der Waals surface area (Å²) in [6.45, 7) is 6.27. The van der Waals surface area contributed by atoms with E-state index in [4.69, 9.17) is 0 Å². The largest absolute Gasteiger partial charge is 0.284 e. The van der Waals surface area contributed by atoms with Crippen LogP contribution >= 0.6 is 0 Å². The summed E-state index contributed by atoms with van der Waals surface area (Å²) in [5.41, 5.74) is 1.75. The standard InChI is InChI=1S/C11H17NO2S/c1-11(2,3)9-6-5-7-10(8-9)12-15(4,13)14/h5-8,12H,1-4H3. The third-order valence-corrected chi connectivity index (χ3v) is 2.64. The van der Waals surface area contributed by atoms with Crippen LogP contribution in [-0.4, -0.2) is 14.7 Å². The molecule has 1 aromatic rings. The molecule has 15 heavy (non-hydrogen) atoms. The Morgan fingerprint density at radius 3 is 2.27 bits per heavy atom. The Balaban J connectivity index is 3.04. The summed E-state index contributed by atoms with van der Waals surface area (Å²) in [4.78, 5) is 0. The maximum absolute atomic E-state index is 11.1. The zero-order valence-electron chi connectivity index (χ0n) is 9.53. The fourth-order valence-corrected chi connectivity index (χ4v) is 1.82. The number of benzene rings is 1. The van der Waals surface area contributed by atoms with Gasteiger partial charge in [-0.3, -0.25) is 4.72 Å². The first-order valence-corrected chi connectivity index (χ1v) is 6.66. The highest BCUT2D eigenvalue weighted by Gasteiger charge is 2.14. The molecule has 84 valence electrons. The second-order valence-electron chi connectivity index (χ2n) is 4.71. The maximum atomic E-state index is 11.1. The predicted octanol–water partition coefficient (Wildman–Crippen LogP) is 2.36. The van der Waals surface area contributed by atoms with E-state index in [-0.39, 0.29) is 5.41 Å². The van der Waals surface area contributed by atoms with Gasteiger partial charge < -0.3 is 0 Å². The summed E-state index contributed by atoms with van der Waals surface area (Å²) in [7, 11) is -3.19. The molecule has 0 unspecified atom stereocenters. The van der Waals surface area contributed by atoms with E-state index in [1.54, 1.807) is 6.07 Å². The van der Waals surface area contributed by atoms with E-state index in [2.05, 4.69) is 25.5 Å². The number of nitrogens with one attached hydrogen (secondary N) is 1. The minimum Gasteiger partial charge on any atom is -0.284 e. The number of rotatable bonds is 2. The van der Waals surface area contributed by atoms with Gasteiger partial charge >= 0.3 is 0 Å². The van der Waals surface area contributed by atoms with Gasteiger partial charge in [0.05, 0.1) is 6.26 Å². The minimum absolute atomic E-state index is 0.0230. The molecular weight excluding hydrogens is 210 g/mol. The fraction of sp³-hybridized carbons (Fsp3) is 0.455. The van der Waals surface area contributed by atoms with Crippen molar-refractivity contribution in [1.82, 2.24) is 0 Å². The molecule has 0 radical (unpaired) electrons. The summed E-state index contributed by atoms with van der Waals surface area (Å²) in [5.74, 6) is 0. The van der Waals surface area contributed by atoms with Crippen molar-refractivity contribution in [3.05, 3.63) is 29.8 Å². The van der Waals surface area contributed by atoms with Crippen molar-refractivity contribution in [3.63, 3.8) is 0 Å². The third kappa shape index (κ3) is 3.91. The van der Waals surface area contributed by atoms with Crippen LogP contribution in [0.4, 0.5) is 5.69 Å². The van der Waals surface area contributed by atoms with Crippen LogP contribution in [0.5, 0.6) is 0 Å². The van der Waals surface area contributed by atoms with E-state index in [9.17, 15) is 8.42 Å². The van der Waals surface area contributed by atoms with Gasteiger partial charge in [-0.25, -0.2) is 8.42 Å². The molecule has 1 aromatic carbocycles. The van der Waals surface area contributed by atoms with Crippen molar-refractivity contribution < 1.29 is 8.42 Å². The fourth-order valence-electron chi connectivity index (χ4n) is 1.26. The Kier molecular flexibility index (Phi) is 3.09. The molecule has 4 heteroatoms. The third-order valence-electron chi connectivity index (χ3n) is 2.03. The monoisotopic (exact) mass is 227 g/mol. The molecule has 0 fully saturated rings. The number of sulfonamides is 1. The molecule has 0 saturated heterocycles. The number of anilines is 1. The molecule has 0 aliphatic carbocycles. The van der Waals surface area contributed by atoms with Crippen molar-refractivity contribution in [3.8, 4) is 0 Å². The first-order chi connectivity index (χ1) is 6.68. The molecule has 0 heterocycles. The lowest BCUT2D eigenvalue weighted by atomic mass is 9.87. The van der Waals surface area contributed by atoms with Crippen LogP contribution in [-0.2, 0) is 15.4 Å². The SMILES string of the molecule is CC(C)(C)c1cccc(NS(C)(=O)=O)c1. The molecule has 1 rings (SSSR count). The molecular formula is C11H17NO2S. The molecule has 0 aliphatic rings. The van der Waals surface area contributed by atoms with Crippen LogP contribution in [0.2, 0.25) is 0 Å².